The SMILES string of the molecule is COCCOc1cc(F)c(F)c(Nc2ccc(C)cc2F)c1NS(=O)(=O)C1(CC(O)CO)CC1. The first-order valence-electron chi connectivity index (χ1n) is 10.5. The van der Waals surface area contributed by atoms with Crippen LogP contribution in [0.3, 0.4) is 0 Å². The monoisotopic (exact) mass is 504 g/mol. The van der Waals surface area contributed by atoms with Gasteiger partial charge in [0.1, 0.15) is 29.5 Å². The van der Waals surface area contributed by atoms with Crippen molar-refractivity contribution >= 4 is 27.1 Å². The Bertz CT molecular complexity index is 1140. The topological polar surface area (TPSA) is 117 Å². The molecule has 1 unspecified atom stereocenters. The number of methoxy groups -OCH3 is 1. The summed E-state index contributed by atoms with van der Waals surface area (Å²) in [6.45, 7) is 0.982. The summed E-state index contributed by atoms with van der Waals surface area (Å²) in [5, 5.41) is 21.4. The van der Waals surface area contributed by atoms with E-state index >= 15 is 0 Å². The van der Waals surface area contributed by atoms with E-state index in [1.165, 1.54) is 25.3 Å². The molecule has 1 aliphatic rings. The van der Waals surface area contributed by atoms with Gasteiger partial charge >= 0.3 is 0 Å². The highest BCUT2D eigenvalue weighted by Gasteiger charge is 2.55. The Morgan fingerprint density at radius 3 is 2.41 bits per heavy atom. The molecule has 1 atom stereocenters. The Balaban J connectivity index is 2.07. The van der Waals surface area contributed by atoms with E-state index in [-0.39, 0.29) is 43.9 Å². The first-order valence-corrected chi connectivity index (χ1v) is 12.0. The van der Waals surface area contributed by atoms with Crippen LogP contribution in [0.1, 0.15) is 24.8 Å². The maximum Gasteiger partial charge on any atom is 0.238 e. The third-order valence-corrected chi connectivity index (χ3v) is 7.73. The number of aliphatic hydroxyl groups is 2. The molecule has 0 radical (unpaired) electrons. The van der Waals surface area contributed by atoms with Crippen molar-refractivity contribution in [3.63, 3.8) is 0 Å². The molecule has 1 aliphatic carbocycles. The maximum atomic E-state index is 14.9. The highest BCUT2D eigenvalue weighted by molar-refractivity contribution is 7.94. The van der Waals surface area contributed by atoms with Crippen molar-refractivity contribution in [1.29, 1.82) is 0 Å². The van der Waals surface area contributed by atoms with Crippen LogP contribution in [-0.4, -0.2) is 56.4 Å². The van der Waals surface area contributed by atoms with Gasteiger partial charge in [-0.25, -0.2) is 21.6 Å². The molecule has 1 saturated carbocycles. The Morgan fingerprint density at radius 2 is 1.82 bits per heavy atom. The fourth-order valence-corrected chi connectivity index (χ4v) is 5.22. The smallest absolute Gasteiger partial charge is 0.238 e. The third kappa shape index (κ3) is 5.57. The molecule has 8 nitrogen and oxygen atoms in total. The molecular weight excluding hydrogens is 477 g/mol. The molecule has 3 rings (SSSR count). The summed E-state index contributed by atoms with van der Waals surface area (Å²) in [5.74, 6) is -3.89. The van der Waals surface area contributed by atoms with Gasteiger partial charge in [0.2, 0.25) is 10.0 Å². The molecule has 34 heavy (non-hydrogen) atoms. The molecule has 2 aromatic rings. The fourth-order valence-electron chi connectivity index (χ4n) is 3.49. The number of hydrogen-bond acceptors (Lipinski definition) is 7. The first-order chi connectivity index (χ1) is 16.0. The Kier molecular flexibility index (Phi) is 7.96. The average molecular weight is 505 g/mol. The van der Waals surface area contributed by atoms with Gasteiger partial charge in [-0.2, -0.15) is 0 Å². The van der Waals surface area contributed by atoms with Crippen LogP contribution in [0.4, 0.5) is 30.2 Å². The molecular formula is C22H27F3N2O6S. The van der Waals surface area contributed by atoms with Crippen molar-refractivity contribution in [3.05, 3.63) is 47.3 Å². The molecule has 188 valence electrons. The van der Waals surface area contributed by atoms with E-state index < -0.39 is 56.3 Å². The molecule has 2 aromatic carbocycles. The molecule has 0 heterocycles. The van der Waals surface area contributed by atoms with E-state index in [4.69, 9.17) is 14.6 Å². The van der Waals surface area contributed by atoms with Crippen LogP contribution < -0.4 is 14.8 Å². The van der Waals surface area contributed by atoms with Crippen LogP contribution in [0.5, 0.6) is 5.75 Å². The van der Waals surface area contributed by atoms with Crippen LogP contribution in [0.2, 0.25) is 0 Å². The second kappa shape index (κ2) is 10.4. The molecule has 0 aromatic heterocycles. The Labute approximate surface area is 195 Å². The predicted octanol–water partition coefficient (Wildman–Crippen LogP) is 3.20. The van der Waals surface area contributed by atoms with Crippen molar-refractivity contribution < 1.29 is 41.3 Å². The van der Waals surface area contributed by atoms with Crippen molar-refractivity contribution in [2.75, 3.05) is 37.0 Å². The minimum absolute atomic E-state index is 0.0766. The van der Waals surface area contributed by atoms with E-state index in [0.29, 0.717) is 11.6 Å². The van der Waals surface area contributed by atoms with Crippen LogP contribution in [0.15, 0.2) is 24.3 Å². The van der Waals surface area contributed by atoms with Gasteiger partial charge in [0.15, 0.2) is 11.6 Å². The van der Waals surface area contributed by atoms with Gasteiger partial charge in [0, 0.05) is 13.2 Å². The van der Waals surface area contributed by atoms with E-state index in [2.05, 4.69) is 10.0 Å². The van der Waals surface area contributed by atoms with Gasteiger partial charge in [-0.15, -0.1) is 0 Å². The zero-order chi connectivity index (χ0) is 25.1. The summed E-state index contributed by atoms with van der Waals surface area (Å²) in [6, 6.07) is 4.70. The first kappa shape index (κ1) is 26.1. The summed E-state index contributed by atoms with van der Waals surface area (Å²) in [7, 11) is -2.88. The van der Waals surface area contributed by atoms with Crippen molar-refractivity contribution in [3.8, 4) is 5.75 Å². The molecule has 0 amide bonds. The molecule has 0 spiro atoms. The lowest BCUT2D eigenvalue weighted by molar-refractivity contribution is 0.0858. The van der Waals surface area contributed by atoms with Gasteiger partial charge in [0.25, 0.3) is 0 Å². The summed E-state index contributed by atoms with van der Waals surface area (Å²) < 4.78 is 81.4. The number of aliphatic hydroxyl groups excluding tert-OH is 2. The van der Waals surface area contributed by atoms with Crippen molar-refractivity contribution in [1.82, 2.24) is 0 Å². The summed E-state index contributed by atoms with van der Waals surface area (Å²) in [4.78, 5) is 0. The second-order valence-corrected chi connectivity index (χ2v) is 10.3. The summed E-state index contributed by atoms with van der Waals surface area (Å²) in [5.41, 5.74) is -0.752. The van der Waals surface area contributed by atoms with Crippen LogP contribution in [0, 0.1) is 24.4 Å². The van der Waals surface area contributed by atoms with Crippen LogP contribution >= 0.6 is 0 Å². The van der Waals surface area contributed by atoms with Crippen molar-refractivity contribution in [2.24, 2.45) is 0 Å². The molecule has 1 fully saturated rings. The third-order valence-electron chi connectivity index (χ3n) is 5.55. The van der Waals surface area contributed by atoms with Gasteiger partial charge in [-0.3, -0.25) is 4.72 Å². The van der Waals surface area contributed by atoms with Crippen LogP contribution in [-0.2, 0) is 14.8 Å². The largest absolute Gasteiger partial charge is 0.489 e. The standard InChI is InChI=1S/C22H27F3N2O6S/c1-13-3-4-17(15(23)9-13)26-21-19(25)16(24)10-18(33-8-7-32-2)20(21)27-34(30,31)22(5-6-22)11-14(29)12-28/h3-4,9-10,14,26-29H,5-8,11-12H2,1-2H3. The summed E-state index contributed by atoms with van der Waals surface area (Å²) >= 11 is 0. The normalized spacial score (nSPS) is 15.6. The number of hydrogen-bond donors (Lipinski definition) is 4. The van der Waals surface area contributed by atoms with E-state index in [1.54, 1.807) is 6.92 Å². The molecule has 4 N–H and O–H groups in total. The Hall–Kier alpha value is -2.54. The second-order valence-electron chi connectivity index (χ2n) is 8.20. The number of anilines is 3. The zero-order valence-corrected chi connectivity index (χ0v) is 19.5. The number of rotatable bonds is 12. The highest BCUT2D eigenvalue weighted by atomic mass is 32.2. The number of halogens is 3. The van der Waals surface area contributed by atoms with Gasteiger partial charge in [0.05, 0.1) is 29.8 Å². The highest BCUT2D eigenvalue weighted by Crippen LogP contribution is 2.49. The van der Waals surface area contributed by atoms with Crippen LogP contribution in [0.25, 0.3) is 0 Å². The molecule has 0 aliphatic heterocycles. The van der Waals surface area contributed by atoms with E-state index in [0.717, 1.165) is 0 Å². The maximum absolute atomic E-state index is 14.9. The van der Waals surface area contributed by atoms with Gasteiger partial charge < -0.3 is 25.0 Å². The number of benzene rings is 2. The number of aryl methyl sites for hydroxylation is 1. The summed E-state index contributed by atoms with van der Waals surface area (Å²) in [6.07, 6.45) is -1.14. The van der Waals surface area contributed by atoms with E-state index in [1.807, 2.05) is 0 Å². The lowest BCUT2D eigenvalue weighted by Gasteiger charge is -2.24. The minimum atomic E-state index is -4.28. The molecule has 12 heteroatoms. The number of sulfonamides is 1. The predicted molar refractivity (Wildman–Crippen MR) is 120 cm³/mol. The molecule has 0 saturated heterocycles. The van der Waals surface area contributed by atoms with Gasteiger partial charge in [-0.05, 0) is 43.9 Å². The lowest BCUT2D eigenvalue weighted by atomic mass is 10.2. The average Bonchev–Trinajstić information content (AvgIpc) is 3.56. The van der Waals surface area contributed by atoms with Crippen molar-refractivity contribution in [2.45, 2.75) is 37.0 Å². The minimum Gasteiger partial charge on any atom is -0.489 e. The number of nitrogens with one attached hydrogen (secondary N) is 2. The molecule has 0 bridgehead atoms. The van der Waals surface area contributed by atoms with E-state index in [9.17, 15) is 26.7 Å². The Morgan fingerprint density at radius 1 is 1.12 bits per heavy atom. The zero-order valence-electron chi connectivity index (χ0n) is 18.7. The number of ether oxygens (including phenoxy) is 2. The lowest BCUT2D eigenvalue weighted by Crippen LogP contribution is -2.34. The van der Waals surface area contributed by atoms with Gasteiger partial charge in [-0.1, -0.05) is 6.07 Å². The fraction of sp³-hybridized carbons (Fsp3) is 0.455. The quantitative estimate of drug-likeness (QED) is 0.328.